The fraction of sp³-hybridized carbons (Fsp3) is 0.421. The van der Waals surface area contributed by atoms with Gasteiger partial charge in [-0.05, 0) is 30.7 Å². The average molecular weight is 438 g/mol. The maximum absolute atomic E-state index is 5.92. The Hall–Kier alpha value is -2.29. The van der Waals surface area contributed by atoms with Gasteiger partial charge in [0.15, 0.2) is 5.65 Å². The highest BCUT2D eigenvalue weighted by atomic mass is 35.5. The molecule has 8 nitrogen and oxygen atoms in total. The van der Waals surface area contributed by atoms with Crippen LogP contribution in [0.3, 0.4) is 0 Å². The summed E-state index contributed by atoms with van der Waals surface area (Å²) in [6, 6.07) is 8.85. The number of ether oxygens (including phenoxy) is 1. The first kappa shape index (κ1) is 21.4. The maximum Gasteiger partial charge on any atom is 0.224 e. The van der Waals surface area contributed by atoms with Gasteiger partial charge in [0.05, 0.1) is 18.7 Å². The Morgan fingerprint density at radius 2 is 1.86 bits per heavy atom. The van der Waals surface area contributed by atoms with Gasteiger partial charge in [-0.15, -0.1) is 24.8 Å². The van der Waals surface area contributed by atoms with Crippen LogP contribution in [-0.2, 0) is 0 Å². The van der Waals surface area contributed by atoms with Crippen LogP contribution in [0.4, 0.5) is 11.8 Å². The molecule has 29 heavy (non-hydrogen) atoms. The predicted octanol–water partition coefficient (Wildman–Crippen LogP) is 2.53. The van der Waals surface area contributed by atoms with Crippen molar-refractivity contribution in [3.05, 3.63) is 36.0 Å². The molecule has 4 heterocycles. The molecule has 0 spiro atoms. The van der Waals surface area contributed by atoms with Crippen LogP contribution in [0.5, 0.6) is 5.75 Å². The molecule has 0 saturated carbocycles. The van der Waals surface area contributed by atoms with Crippen molar-refractivity contribution in [2.45, 2.75) is 6.04 Å². The van der Waals surface area contributed by atoms with Gasteiger partial charge in [0, 0.05) is 31.6 Å². The van der Waals surface area contributed by atoms with Crippen LogP contribution in [0.1, 0.15) is 11.6 Å². The van der Waals surface area contributed by atoms with Gasteiger partial charge < -0.3 is 15.4 Å². The highest BCUT2D eigenvalue weighted by Crippen LogP contribution is 2.45. The van der Waals surface area contributed by atoms with Crippen molar-refractivity contribution in [3.8, 4) is 5.75 Å². The van der Waals surface area contributed by atoms with Gasteiger partial charge in [-0.3, -0.25) is 10.00 Å². The Kier molecular flexibility index (Phi) is 6.07. The molecular weight excluding hydrogens is 413 g/mol. The van der Waals surface area contributed by atoms with Gasteiger partial charge in [0.25, 0.3) is 0 Å². The highest BCUT2D eigenvalue weighted by Gasteiger charge is 2.46. The van der Waals surface area contributed by atoms with Gasteiger partial charge in [-0.1, -0.05) is 12.1 Å². The summed E-state index contributed by atoms with van der Waals surface area (Å²) in [5.41, 5.74) is 7.95. The number of aromatic nitrogens is 4. The van der Waals surface area contributed by atoms with Crippen LogP contribution in [0.15, 0.2) is 30.5 Å². The Morgan fingerprint density at radius 1 is 1.10 bits per heavy atom. The quantitative estimate of drug-likeness (QED) is 0.649. The van der Waals surface area contributed by atoms with E-state index in [2.05, 4.69) is 49.1 Å². The van der Waals surface area contributed by atoms with E-state index >= 15 is 0 Å². The SMILES string of the molecule is COc1ccc([C@@H]2[C@@H]3CN(c4nc(N)nc5[nH]ncc45)C[C@@H]3CN2C)cc1.Cl.Cl. The van der Waals surface area contributed by atoms with E-state index in [9.17, 15) is 0 Å². The molecule has 10 heteroatoms. The summed E-state index contributed by atoms with van der Waals surface area (Å²) < 4.78 is 5.31. The van der Waals surface area contributed by atoms with Gasteiger partial charge >= 0.3 is 0 Å². The fourth-order valence-electron chi connectivity index (χ4n) is 4.81. The fourth-order valence-corrected chi connectivity index (χ4v) is 4.81. The molecule has 3 N–H and O–H groups in total. The lowest BCUT2D eigenvalue weighted by atomic mass is 9.89. The number of nitrogens with one attached hydrogen (secondary N) is 1. The molecule has 156 valence electrons. The molecule has 2 aromatic heterocycles. The Bertz CT molecular complexity index is 980. The third-order valence-corrected chi connectivity index (χ3v) is 5.96. The number of aromatic amines is 1. The molecule has 5 rings (SSSR count). The molecule has 0 amide bonds. The topological polar surface area (TPSA) is 96.2 Å². The Morgan fingerprint density at radius 3 is 2.59 bits per heavy atom. The minimum Gasteiger partial charge on any atom is -0.497 e. The zero-order valence-corrected chi connectivity index (χ0v) is 17.9. The Balaban J connectivity index is 0.00000120. The van der Waals surface area contributed by atoms with Crippen LogP contribution in [-0.4, -0.2) is 58.9 Å². The highest BCUT2D eigenvalue weighted by molar-refractivity contribution is 5.87. The van der Waals surface area contributed by atoms with E-state index < -0.39 is 0 Å². The van der Waals surface area contributed by atoms with E-state index in [4.69, 9.17) is 10.5 Å². The van der Waals surface area contributed by atoms with Gasteiger partial charge in [-0.25, -0.2) is 0 Å². The minimum absolute atomic E-state index is 0. The van der Waals surface area contributed by atoms with E-state index in [1.165, 1.54) is 5.56 Å². The molecule has 2 aliphatic rings. The second-order valence-corrected chi connectivity index (χ2v) is 7.52. The van der Waals surface area contributed by atoms with Crippen molar-refractivity contribution in [3.63, 3.8) is 0 Å². The van der Waals surface area contributed by atoms with E-state index in [0.717, 1.165) is 36.6 Å². The number of halogens is 2. The van der Waals surface area contributed by atoms with Crippen molar-refractivity contribution in [1.29, 1.82) is 0 Å². The third-order valence-electron chi connectivity index (χ3n) is 5.96. The number of methoxy groups -OCH3 is 1. The molecule has 0 bridgehead atoms. The zero-order valence-electron chi connectivity index (χ0n) is 16.3. The van der Waals surface area contributed by atoms with Crippen molar-refractivity contribution in [1.82, 2.24) is 25.1 Å². The van der Waals surface area contributed by atoms with E-state index in [-0.39, 0.29) is 30.8 Å². The first-order chi connectivity index (χ1) is 13.1. The number of anilines is 2. The molecule has 1 aromatic carbocycles. The summed E-state index contributed by atoms with van der Waals surface area (Å²) in [5.74, 6) is 3.20. The van der Waals surface area contributed by atoms with Crippen LogP contribution >= 0.6 is 24.8 Å². The Labute approximate surface area is 181 Å². The van der Waals surface area contributed by atoms with Crippen molar-refractivity contribution < 1.29 is 4.74 Å². The lowest BCUT2D eigenvalue weighted by Crippen LogP contribution is -2.29. The van der Waals surface area contributed by atoms with Gasteiger partial charge in [0.2, 0.25) is 5.95 Å². The number of hydrogen-bond acceptors (Lipinski definition) is 7. The number of fused-ring (bicyclic) bond motifs is 2. The number of nitrogens with two attached hydrogens (primary N) is 1. The molecule has 2 fully saturated rings. The number of hydrogen-bond donors (Lipinski definition) is 2. The first-order valence-electron chi connectivity index (χ1n) is 9.20. The smallest absolute Gasteiger partial charge is 0.224 e. The van der Waals surface area contributed by atoms with E-state index in [1.807, 2.05) is 12.1 Å². The van der Waals surface area contributed by atoms with Crippen molar-refractivity contribution >= 4 is 47.6 Å². The molecule has 0 aliphatic carbocycles. The van der Waals surface area contributed by atoms with Crippen LogP contribution in [0.2, 0.25) is 0 Å². The summed E-state index contributed by atoms with van der Waals surface area (Å²) >= 11 is 0. The number of benzene rings is 1. The van der Waals surface area contributed by atoms with Crippen LogP contribution in [0.25, 0.3) is 11.0 Å². The van der Waals surface area contributed by atoms with Crippen LogP contribution in [0, 0.1) is 11.8 Å². The number of H-pyrrole nitrogens is 1. The summed E-state index contributed by atoms with van der Waals surface area (Å²) in [5, 5.41) is 7.94. The summed E-state index contributed by atoms with van der Waals surface area (Å²) in [6.45, 7) is 2.99. The molecule has 2 saturated heterocycles. The van der Waals surface area contributed by atoms with Gasteiger partial charge in [-0.2, -0.15) is 15.1 Å². The normalized spacial score (nSPS) is 23.5. The van der Waals surface area contributed by atoms with E-state index in [0.29, 0.717) is 23.5 Å². The molecule has 0 unspecified atom stereocenters. The number of nitrogens with zero attached hydrogens (tertiary/aromatic N) is 5. The average Bonchev–Trinajstić information content (AvgIpc) is 3.35. The first-order valence-corrected chi connectivity index (χ1v) is 9.20. The van der Waals surface area contributed by atoms with E-state index in [1.54, 1.807) is 13.3 Å². The molecule has 0 radical (unpaired) electrons. The molecule has 3 atom stereocenters. The summed E-state index contributed by atoms with van der Waals surface area (Å²) in [7, 11) is 3.92. The third kappa shape index (κ3) is 3.56. The summed E-state index contributed by atoms with van der Waals surface area (Å²) in [6.07, 6.45) is 1.78. The second-order valence-electron chi connectivity index (χ2n) is 7.52. The zero-order chi connectivity index (χ0) is 18.5. The maximum atomic E-state index is 5.92. The second kappa shape index (κ2) is 8.22. The molecular formula is C19H25Cl2N7O. The lowest BCUT2D eigenvalue weighted by molar-refractivity contribution is 0.279. The minimum atomic E-state index is 0. The predicted molar refractivity (Wildman–Crippen MR) is 118 cm³/mol. The van der Waals surface area contributed by atoms with Crippen LogP contribution < -0.4 is 15.4 Å². The standard InChI is InChI=1S/C19H23N7O.2ClH/c1-25-8-12-9-26(18-14-7-21-24-17(14)22-19(20)23-18)10-15(12)16(25)11-3-5-13(27-2)6-4-11;;/h3-7,12,15-16H,8-10H2,1-2H3,(H3,20,21,22,23,24);2*1H/t12-,15+,16+;;/m0../s1. The number of likely N-dealkylation sites (tertiary alicyclic amines) is 1. The monoisotopic (exact) mass is 437 g/mol. The van der Waals surface area contributed by atoms with Crippen molar-refractivity contribution in [2.75, 3.05) is 44.4 Å². The number of rotatable bonds is 3. The summed E-state index contributed by atoms with van der Waals surface area (Å²) in [4.78, 5) is 13.6. The lowest BCUT2D eigenvalue weighted by Gasteiger charge is -2.27. The molecule has 2 aliphatic heterocycles. The number of nitrogen functional groups attached to an aromatic ring is 1. The van der Waals surface area contributed by atoms with Gasteiger partial charge in [0.1, 0.15) is 11.6 Å². The largest absolute Gasteiger partial charge is 0.497 e. The molecule has 3 aromatic rings. The van der Waals surface area contributed by atoms with Crippen molar-refractivity contribution in [2.24, 2.45) is 11.8 Å².